The van der Waals surface area contributed by atoms with Crippen molar-refractivity contribution in [2.75, 3.05) is 9.80 Å². The molecule has 73 heavy (non-hydrogen) atoms. The second kappa shape index (κ2) is 15.9. The van der Waals surface area contributed by atoms with Gasteiger partial charge in [-0.25, -0.2) is 9.80 Å². The number of benzene rings is 10. The van der Waals surface area contributed by atoms with Gasteiger partial charge in [-0.1, -0.05) is 72.8 Å². The number of hydrogen-bond acceptors (Lipinski definition) is 10. The molecule has 0 atom stereocenters. The Hall–Kier alpha value is -10.2. The summed E-state index contributed by atoms with van der Waals surface area (Å²) in [5.41, 5.74) is 6.87. The van der Waals surface area contributed by atoms with Gasteiger partial charge in [-0.15, -0.1) is 0 Å². The quantitative estimate of drug-likeness (QED) is 0.107. The summed E-state index contributed by atoms with van der Waals surface area (Å²) in [6.45, 7) is 0. The van der Waals surface area contributed by atoms with E-state index in [-0.39, 0.29) is 45.3 Å². The van der Waals surface area contributed by atoms with Crippen LogP contribution in [0.25, 0.3) is 32.7 Å². The first-order valence-electron chi connectivity index (χ1n) is 23.2. The van der Waals surface area contributed by atoms with Gasteiger partial charge >= 0.3 is 0 Å². The zero-order valence-electron chi connectivity index (χ0n) is 38.1. The summed E-state index contributed by atoms with van der Waals surface area (Å²) in [6, 6.07) is 56.6. The van der Waals surface area contributed by atoms with Crippen molar-refractivity contribution in [3.63, 3.8) is 0 Å². The fourth-order valence-corrected chi connectivity index (χ4v) is 10.8. The minimum Gasteiger partial charge on any atom is -0.508 e. The van der Waals surface area contributed by atoms with E-state index >= 15 is 0 Å². The molecule has 350 valence electrons. The van der Waals surface area contributed by atoms with Crippen LogP contribution in [0.15, 0.2) is 194 Å². The van der Waals surface area contributed by atoms with Crippen LogP contribution in [0.2, 0.25) is 0 Å². The Kier molecular flexibility index (Phi) is 9.35. The summed E-state index contributed by atoms with van der Waals surface area (Å²) < 4.78 is 12.7. The van der Waals surface area contributed by atoms with Crippen molar-refractivity contribution in [2.24, 2.45) is 0 Å². The van der Waals surface area contributed by atoms with Crippen LogP contribution >= 0.6 is 0 Å². The maximum atomic E-state index is 13.8. The standard InChI is InChI=1S/C61H36N2O10/c64-39-27-33-25-37(13-21-45(33)55(66)29-39)62-57(68)49-23-19-43(31-51(49)59(62)70)72-41-15-9-35(10-16-41)61(53-7-3-1-5-47(53)48-6-2-4-8-54(48)61)36-11-17-42(18-12-36)73-44-20-24-50-52(32-44)60(71)63(58(50)69)38-14-22-46-34(26-38)28-40(65)30-56(46)67/h1-32,64-67H. The van der Waals surface area contributed by atoms with E-state index in [4.69, 9.17) is 9.47 Å². The van der Waals surface area contributed by atoms with Gasteiger partial charge in [-0.05, 0) is 153 Å². The molecule has 0 saturated carbocycles. The summed E-state index contributed by atoms with van der Waals surface area (Å²) in [4.78, 5) is 57.0. The van der Waals surface area contributed by atoms with E-state index in [0.717, 1.165) is 43.2 Å². The van der Waals surface area contributed by atoms with Crippen LogP contribution in [0, 0.1) is 0 Å². The number of phenolic OH excluding ortho intramolecular Hbond substituents is 4. The van der Waals surface area contributed by atoms with E-state index in [2.05, 4.69) is 24.3 Å². The number of aromatic hydroxyl groups is 4. The van der Waals surface area contributed by atoms with Gasteiger partial charge in [0.05, 0.1) is 39.0 Å². The maximum Gasteiger partial charge on any atom is 0.266 e. The van der Waals surface area contributed by atoms with Gasteiger partial charge in [0.25, 0.3) is 23.6 Å². The van der Waals surface area contributed by atoms with Crippen molar-refractivity contribution in [1.82, 2.24) is 0 Å². The highest BCUT2D eigenvalue weighted by atomic mass is 16.5. The number of ether oxygens (including phenoxy) is 2. The van der Waals surface area contributed by atoms with E-state index in [0.29, 0.717) is 55.9 Å². The predicted molar refractivity (Wildman–Crippen MR) is 274 cm³/mol. The zero-order valence-corrected chi connectivity index (χ0v) is 38.1. The van der Waals surface area contributed by atoms with Crippen molar-refractivity contribution < 1.29 is 49.1 Å². The first-order chi connectivity index (χ1) is 35.4. The van der Waals surface area contributed by atoms with Crippen LogP contribution in [0.5, 0.6) is 46.0 Å². The largest absolute Gasteiger partial charge is 0.508 e. The lowest BCUT2D eigenvalue weighted by molar-refractivity contribution is 0.0910. The molecular weight excluding hydrogens is 921 g/mol. The molecule has 10 aromatic rings. The minimum absolute atomic E-state index is 0.122. The van der Waals surface area contributed by atoms with Gasteiger partial charge in [-0.2, -0.15) is 0 Å². The van der Waals surface area contributed by atoms with Crippen LogP contribution in [0.1, 0.15) is 63.7 Å². The third-order valence-corrected chi connectivity index (χ3v) is 14.0. The van der Waals surface area contributed by atoms with Crippen LogP contribution in [0.4, 0.5) is 11.4 Å². The Labute approximate surface area is 415 Å². The second-order valence-electron chi connectivity index (χ2n) is 18.1. The Balaban J connectivity index is 0.789. The van der Waals surface area contributed by atoms with Crippen LogP contribution < -0.4 is 19.3 Å². The van der Waals surface area contributed by atoms with Crippen LogP contribution in [-0.2, 0) is 5.41 Å². The molecule has 0 fully saturated rings. The molecule has 4 N–H and O–H groups in total. The summed E-state index contributed by atoms with van der Waals surface area (Å²) in [7, 11) is 0. The number of imide groups is 2. The molecule has 2 aliphatic heterocycles. The van der Waals surface area contributed by atoms with E-state index in [9.17, 15) is 39.6 Å². The predicted octanol–water partition coefficient (Wildman–Crippen LogP) is 12.4. The normalized spacial score (nSPS) is 14.1. The molecule has 3 aliphatic rings. The number of rotatable bonds is 8. The highest BCUT2D eigenvalue weighted by molar-refractivity contribution is 6.35. The molecule has 12 heteroatoms. The lowest BCUT2D eigenvalue weighted by atomic mass is 9.68. The maximum absolute atomic E-state index is 13.8. The van der Waals surface area contributed by atoms with Gasteiger partial charge in [0.15, 0.2) is 0 Å². The van der Waals surface area contributed by atoms with E-state index < -0.39 is 29.0 Å². The highest BCUT2D eigenvalue weighted by Crippen LogP contribution is 2.56. The Morgan fingerprint density at radius 3 is 1.15 bits per heavy atom. The lowest BCUT2D eigenvalue weighted by Gasteiger charge is -2.34. The number of nitrogens with zero attached hydrogens (tertiary/aromatic N) is 2. The van der Waals surface area contributed by atoms with E-state index in [1.165, 1.54) is 24.3 Å². The molecule has 4 amide bonds. The number of carbonyl (C=O) groups is 4. The molecular formula is C61H36N2O10. The summed E-state index contributed by atoms with van der Waals surface area (Å²) in [5.74, 6) is -0.896. The smallest absolute Gasteiger partial charge is 0.266 e. The fraction of sp³-hybridized carbons (Fsp3) is 0.0164. The second-order valence-corrected chi connectivity index (χ2v) is 18.1. The molecule has 1 aliphatic carbocycles. The Morgan fingerprint density at radius 2 is 0.726 bits per heavy atom. The monoisotopic (exact) mass is 956 g/mol. The molecule has 2 heterocycles. The summed E-state index contributed by atoms with van der Waals surface area (Å²) in [5, 5.41) is 42.6. The molecule has 0 aromatic heterocycles. The van der Waals surface area contributed by atoms with Crippen molar-refractivity contribution in [2.45, 2.75) is 5.41 Å². The van der Waals surface area contributed by atoms with Crippen molar-refractivity contribution in [3.05, 3.63) is 239 Å². The van der Waals surface area contributed by atoms with Gasteiger partial charge in [0.1, 0.15) is 46.0 Å². The summed E-state index contributed by atoms with van der Waals surface area (Å²) in [6.07, 6.45) is 0. The molecule has 13 rings (SSSR count). The van der Waals surface area contributed by atoms with Crippen LogP contribution in [0.3, 0.4) is 0 Å². The number of carbonyl (C=O) groups excluding carboxylic acids is 4. The number of hydrogen-bond donors (Lipinski definition) is 4. The molecule has 0 unspecified atom stereocenters. The third-order valence-electron chi connectivity index (χ3n) is 14.0. The van der Waals surface area contributed by atoms with Crippen molar-refractivity contribution in [1.29, 1.82) is 0 Å². The van der Waals surface area contributed by atoms with Crippen molar-refractivity contribution >= 4 is 56.5 Å². The molecule has 0 saturated heterocycles. The Bertz CT molecular complexity index is 3810. The molecule has 0 spiro atoms. The topological polar surface area (TPSA) is 174 Å². The van der Waals surface area contributed by atoms with E-state index in [1.807, 2.05) is 72.8 Å². The summed E-state index contributed by atoms with van der Waals surface area (Å²) >= 11 is 0. The van der Waals surface area contributed by atoms with Gasteiger partial charge < -0.3 is 29.9 Å². The molecule has 0 bridgehead atoms. The first kappa shape index (κ1) is 42.9. The Morgan fingerprint density at radius 1 is 0.342 bits per heavy atom. The minimum atomic E-state index is -0.779. The SMILES string of the molecule is O=C1c2ccc(Oc3ccc(C4(c5ccc(Oc6ccc7c(c6)C(=O)N(c6ccc8c(O)cc(O)cc8c6)C7=O)cc5)c5ccccc5-c5ccccc54)cc3)cc2C(=O)N1c1ccc2c(O)cc(O)cc2c1. The molecule has 12 nitrogen and oxygen atoms in total. The first-order valence-corrected chi connectivity index (χ1v) is 23.2. The molecule has 10 aromatic carbocycles. The van der Waals surface area contributed by atoms with Crippen molar-refractivity contribution in [3.8, 4) is 57.1 Å². The van der Waals surface area contributed by atoms with Gasteiger partial charge in [-0.3, -0.25) is 19.2 Å². The van der Waals surface area contributed by atoms with E-state index in [1.54, 1.807) is 72.8 Å². The molecule has 0 radical (unpaired) electrons. The number of fused-ring (bicyclic) bond motifs is 7. The zero-order chi connectivity index (χ0) is 49.9. The van der Waals surface area contributed by atoms with Gasteiger partial charge in [0.2, 0.25) is 0 Å². The average Bonchev–Trinajstić information content (AvgIpc) is 3.94. The lowest BCUT2D eigenvalue weighted by Crippen LogP contribution is -2.29. The number of anilines is 2. The average molecular weight is 957 g/mol. The highest BCUT2D eigenvalue weighted by Gasteiger charge is 2.46. The van der Waals surface area contributed by atoms with Gasteiger partial charge in [0, 0.05) is 22.9 Å². The number of amides is 4. The van der Waals surface area contributed by atoms with Crippen LogP contribution in [-0.4, -0.2) is 44.1 Å². The third kappa shape index (κ3) is 6.54. The fourth-order valence-electron chi connectivity index (χ4n) is 10.8. The number of phenols is 4.